The van der Waals surface area contributed by atoms with Crippen molar-refractivity contribution in [3.8, 4) is 5.75 Å². The smallest absolute Gasteiger partial charge is 0.142 e. The van der Waals surface area contributed by atoms with E-state index in [1.54, 1.807) is 7.11 Å². The minimum absolute atomic E-state index is 0.600. The van der Waals surface area contributed by atoms with Gasteiger partial charge in [0.15, 0.2) is 0 Å². The van der Waals surface area contributed by atoms with Gasteiger partial charge >= 0.3 is 0 Å². The molecule has 1 N–H and O–H groups in total. The minimum atomic E-state index is 0.600. The lowest BCUT2D eigenvalue weighted by Gasteiger charge is -2.17. The van der Waals surface area contributed by atoms with Crippen LogP contribution in [0, 0.1) is 5.92 Å². The summed E-state index contributed by atoms with van der Waals surface area (Å²) >= 11 is 3.50. The van der Waals surface area contributed by atoms with E-state index in [9.17, 15) is 0 Å². The number of anilines is 1. The van der Waals surface area contributed by atoms with Crippen LogP contribution in [0.5, 0.6) is 5.75 Å². The third-order valence-corrected chi connectivity index (χ3v) is 4.13. The van der Waals surface area contributed by atoms with E-state index in [0.717, 1.165) is 21.8 Å². The third-order valence-electron chi connectivity index (χ3n) is 3.64. The van der Waals surface area contributed by atoms with E-state index in [2.05, 4.69) is 34.2 Å². The van der Waals surface area contributed by atoms with Crippen LogP contribution in [0.25, 0.3) is 0 Å². The maximum absolute atomic E-state index is 5.38. The van der Waals surface area contributed by atoms with Crippen molar-refractivity contribution in [3.63, 3.8) is 0 Å². The van der Waals surface area contributed by atoms with Crippen molar-refractivity contribution < 1.29 is 4.74 Å². The molecule has 2 atom stereocenters. The van der Waals surface area contributed by atoms with Crippen molar-refractivity contribution in [2.45, 2.75) is 38.6 Å². The zero-order valence-electron chi connectivity index (χ0n) is 10.5. The van der Waals surface area contributed by atoms with Crippen LogP contribution in [0.4, 0.5) is 5.69 Å². The van der Waals surface area contributed by atoms with Crippen LogP contribution in [0.2, 0.25) is 0 Å². The Labute approximate surface area is 112 Å². The summed E-state index contributed by atoms with van der Waals surface area (Å²) in [5.41, 5.74) is 1.10. The largest absolute Gasteiger partial charge is 0.495 e. The summed E-state index contributed by atoms with van der Waals surface area (Å²) in [4.78, 5) is 0. The van der Waals surface area contributed by atoms with Gasteiger partial charge in [0.2, 0.25) is 0 Å². The maximum atomic E-state index is 5.38. The topological polar surface area (TPSA) is 21.3 Å². The number of ether oxygens (including phenoxy) is 1. The van der Waals surface area contributed by atoms with Crippen LogP contribution in [0.3, 0.4) is 0 Å². The molecule has 1 aromatic carbocycles. The Hall–Kier alpha value is -0.700. The van der Waals surface area contributed by atoms with Gasteiger partial charge in [-0.25, -0.2) is 0 Å². The summed E-state index contributed by atoms with van der Waals surface area (Å²) in [7, 11) is 1.72. The van der Waals surface area contributed by atoms with Crippen molar-refractivity contribution in [1.82, 2.24) is 0 Å². The zero-order valence-corrected chi connectivity index (χ0v) is 12.1. The highest BCUT2D eigenvalue weighted by Gasteiger charge is 2.23. The Morgan fingerprint density at radius 3 is 2.88 bits per heavy atom. The fourth-order valence-corrected chi connectivity index (χ4v) is 2.95. The molecule has 0 heterocycles. The predicted octanol–water partition coefficient (Wildman–Crippen LogP) is 4.45. The van der Waals surface area contributed by atoms with E-state index >= 15 is 0 Å². The average molecular weight is 298 g/mol. The first-order valence-corrected chi connectivity index (χ1v) is 7.12. The van der Waals surface area contributed by atoms with Crippen molar-refractivity contribution >= 4 is 21.6 Å². The molecule has 0 spiro atoms. The van der Waals surface area contributed by atoms with E-state index in [1.807, 2.05) is 12.1 Å². The lowest BCUT2D eigenvalue weighted by molar-refractivity contribution is 0.415. The van der Waals surface area contributed by atoms with E-state index < -0.39 is 0 Å². The van der Waals surface area contributed by atoms with Crippen molar-refractivity contribution in [1.29, 1.82) is 0 Å². The highest BCUT2D eigenvalue weighted by Crippen LogP contribution is 2.34. The fourth-order valence-electron chi connectivity index (χ4n) is 2.59. The Morgan fingerprint density at radius 2 is 2.24 bits per heavy atom. The molecule has 2 unspecified atom stereocenters. The molecule has 0 aliphatic heterocycles. The number of hydrogen-bond donors (Lipinski definition) is 1. The monoisotopic (exact) mass is 297 g/mol. The molecule has 0 saturated heterocycles. The number of halogens is 1. The summed E-state index contributed by atoms with van der Waals surface area (Å²) in [6.45, 7) is 2.28. The average Bonchev–Trinajstić information content (AvgIpc) is 2.77. The van der Waals surface area contributed by atoms with Gasteiger partial charge in [-0.3, -0.25) is 0 Å². The Bertz CT molecular complexity index is 380. The van der Waals surface area contributed by atoms with Crippen LogP contribution in [0.15, 0.2) is 22.7 Å². The lowest BCUT2D eigenvalue weighted by atomic mass is 10.1. The standard InChI is InChI=1S/C14H20BrNO/c1-3-10-4-6-12(8-10)16-13-9-11(15)5-7-14(13)17-2/h5,7,9-10,12,16H,3-4,6,8H2,1-2H3. The normalized spacial score (nSPS) is 23.7. The van der Waals surface area contributed by atoms with Crippen LogP contribution >= 0.6 is 15.9 Å². The van der Waals surface area contributed by atoms with Gasteiger partial charge < -0.3 is 10.1 Å². The Morgan fingerprint density at radius 1 is 1.41 bits per heavy atom. The first-order valence-electron chi connectivity index (χ1n) is 6.33. The first-order chi connectivity index (χ1) is 8.22. The molecule has 0 bridgehead atoms. The first kappa shape index (κ1) is 12.7. The van der Waals surface area contributed by atoms with E-state index in [0.29, 0.717) is 6.04 Å². The molecule has 94 valence electrons. The van der Waals surface area contributed by atoms with Gasteiger partial charge in [-0.05, 0) is 43.4 Å². The summed E-state index contributed by atoms with van der Waals surface area (Å²) in [6.07, 6.45) is 5.21. The molecule has 2 nitrogen and oxygen atoms in total. The highest BCUT2D eigenvalue weighted by molar-refractivity contribution is 9.10. The van der Waals surface area contributed by atoms with Gasteiger partial charge in [0, 0.05) is 10.5 Å². The number of benzene rings is 1. The van der Waals surface area contributed by atoms with Gasteiger partial charge in [0.25, 0.3) is 0 Å². The lowest BCUT2D eigenvalue weighted by Crippen LogP contribution is -2.16. The van der Waals surface area contributed by atoms with Gasteiger partial charge in [-0.1, -0.05) is 29.3 Å². The van der Waals surface area contributed by atoms with Crippen LogP contribution in [-0.2, 0) is 0 Å². The van der Waals surface area contributed by atoms with E-state index in [-0.39, 0.29) is 0 Å². The molecular formula is C14H20BrNO. The van der Waals surface area contributed by atoms with Gasteiger partial charge in [0.05, 0.1) is 12.8 Å². The zero-order chi connectivity index (χ0) is 12.3. The number of methoxy groups -OCH3 is 1. The molecule has 1 aliphatic rings. The summed E-state index contributed by atoms with van der Waals surface area (Å²) in [6, 6.07) is 6.70. The molecule has 1 aromatic rings. The minimum Gasteiger partial charge on any atom is -0.495 e. The molecule has 1 aliphatic carbocycles. The molecule has 1 fully saturated rings. The quantitative estimate of drug-likeness (QED) is 0.886. The third kappa shape index (κ3) is 3.15. The van der Waals surface area contributed by atoms with Gasteiger partial charge in [-0.2, -0.15) is 0 Å². The molecular weight excluding hydrogens is 278 g/mol. The van der Waals surface area contributed by atoms with Crippen LogP contribution in [0.1, 0.15) is 32.6 Å². The SMILES string of the molecule is CCC1CCC(Nc2cc(Br)ccc2OC)C1. The molecule has 1 saturated carbocycles. The van der Waals surface area contributed by atoms with Crippen LogP contribution in [-0.4, -0.2) is 13.2 Å². The van der Waals surface area contributed by atoms with Crippen molar-refractivity contribution in [2.75, 3.05) is 12.4 Å². The summed E-state index contributed by atoms with van der Waals surface area (Å²) < 4.78 is 6.47. The fraction of sp³-hybridized carbons (Fsp3) is 0.571. The number of hydrogen-bond acceptors (Lipinski definition) is 2. The summed E-state index contributed by atoms with van der Waals surface area (Å²) in [5, 5.41) is 3.61. The van der Waals surface area contributed by atoms with E-state index in [1.165, 1.54) is 25.7 Å². The number of nitrogens with one attached hydrogen (secondary N) is 1. The summed E-state index contributed by atoms with van der Waals surface area (Å²) in [5.74, 6) is 1.82. The Balaban J connectivity index is 2.05. The highest BCUT2D eigenvalue weighted by atomic mass is 79.9. The predicted molar refractivity (Wildman–Crippen MR) is 75.7 cm³/mol. The molecule has 0 radical (unpaired) electrons. The van der Waals surface area contributed by atoms with Crippen molar-refractivity contribution in [3.05, 3.63) is 22.7 Å². The van der Waals surface area contributed by atoms with E-state index in [4.69, 9.17) is 4.74 Å². The molecule has 17 heavy (non-hydrogen) atoms. The molecule has 0 amide bonds. The molecule has 2 rings (SSSR count). The van der Waals surface area contributed by atoms with Crippen LogP contribution < -0.4 is 10.1 Å². The van der Waals surface area contributed by atoms with Gasteiger partial charge in [0.1, 0.15) is 5.75 Å². The molecule has 3 heteroatoms. The second-order valence-electron chi connectivity index (χ2n) is 4.77. The second kappa shape index (κ2) is 5.76. The van der Waals surface area contributed by atoms with Gasteiger partial charge in [-0.15, -0.1) is 0 Å². The molecule has 0 aromatic heterocycles. The second-order valence-corrected chi connectivity index (χ2v) is 5.69. The number of rotatable bonds is 4. The maximum Gasteiger partial charge on any atom is 0.142 e. The Kier molecular flexibility index (Phi) is 4.32. The van der Waals surface area contributed by atoms with Crippen molar-refractivity contribution in [2.24, 2.45) is 5.92 Å².